The lowest BCUT2D eigenvalue weighted by Crippen LogP contribution is -1.97. The molecule has 16 heavy (non-hydrogen) atoms. The number of halogens is 2. The van der Waals surface area contributed by atoms with E-state index in [-0.39, 0.29) is 0 Å². The van der Waals surface area contributed by atoms with Gasteiger partial charge in [0, 0.05) is 16.0 Å². The van der Waals surface area contributed by atoms with Gasteiger partial charge in [0.2, 0.25) is 0 Å². The molecule has 1 aliphatic rings. The van der Waals surface area contributed by atoms with Crippen molar-refractivity contribution >= 4 is 28.9 Å². The Kier molecular flexibility index (Phi) is 3.41. The van der Waals surface area contributed by atoms with Crippen LogP contribution in [0.15, 0.2) is 23.4 Å². The third kappa shape index (κ3) is 2.33. The topological polar surface area (TPSA) is 21.6 Å². The number of oxime groups is 1. The molecule has 86 valence electrons. The molecule has 0 aromatic heterocycles. The Morgan fingerprint density at radius 1 is 1.44 bits per heavy atom. The molecule has 0 aliphatic heterocycles. The zero-order valence-electron chi connectivity index (χ0n) is 9.21. The molecule has 1 aromatic rings. The average molecular weight is 258 g/mol. The van der Waals surface area contributed by atoms with Crippen LogP contribution in [0.4, 0.5) is 0 Å². The minimum absolute atomic E-state index is 0.457. The molecule has 0 radical (unpaired) electrons. The van der Waals surface area contributed by atoms with E-state index in [0.717, 1.165) is 22.7 Å². The largest absolute Gasteiger partial charge is 0.399 e. The highest BCUT2D eigenvalue weighted by atomic mass is 35.5. The van der Waals surface area contributed by atoms with E-state index < -0.39 is 0 Å². The molecule has 0 spiro atoms. The molecule has 1 aliphatic carbocycles. The Labute approximate surface area is 105 Å². The van der Waals surface area contributed by atoms with Gasteiger partial charge in [-0.3, -0.25) is 0 Å². The first-order valence-electron chi connectivity index (χ1n) is 5.16. The molecule has 2 atom stereocenters. The number of rotatable bonds is 3. The van der Waals surface area contributed by atoms with Crippen molar-refractivity contribution in [2.75, 3.05) is 7.11 Å². The highest BCUT2D eigenvalue weighted by Crippen LogP contribution is 2.50. The van der Waals surface area contributed by atoms with E-state index in [1.165, 1.54) is 0 Å². The van der Waals surface area contributed by atoms with Gasteiger partial charge < -0.3 is 4.84 Å². The first-order chi connectivity index (χ1) is 7.63. The molecule has 2 nitrogen and oxygen atoms in total. The molecule has 0 saturated heterocycles. The summed E-state index contributed by atoms with van der Waals surface area (Å²) < 4.78 is 0. The van der Waals surface area contributed by atoms with Crippen LogP contribution in [0.2, 0.25) is 10.0 Å². The smallest absolute Gasteiger partial charge is 0.106 e. The minimum atomic E-state index is 0.457. The fourth-order valence-electron chi connectivity index (χ4n) is 2.01. The quantitative estimate of drug-likeness (QED) is 0.590. The van der Waals surface area contributed by atoms with Gasteiger partial charge in [-0.25, -0.2) is 0 Å². The molecule has 4 heteroatoms. The molecule has 1 saturated carbocycles. The summed E-state index contributed by atoms with van der Waals surface area (Å²) in [6.45, 7) is 1.98. The zero-order valence-corrected chi connectivity index (χ0v) is 10.7. The van der Waals surface area contributed by atoms with Gasteiger partial charge in [-0.15, -0.1) is 0 Å². The van der Waals surface area contributed by atoms with E-state index in [1.807, 2.05) is 19.1 Å². The van der Waals surface area contributed by atoms with E-state index in [0.29, 0.717) is 16.9 Å². The van der Waals surface area contributed by atoms with Gasteiger partial charge in [-0.1, -0.05) is 34.4 Å². The first-order valence-corrected chi connectivity index (χ1v) is 5.91. The Morgan fingerprint density at radius 2 is 2.19 bits per heavy atom. The molecule has 0 amide bonds. The lowest BCUT2D eigenvalue weighted by molar-refractivity contribution is 0.212. The summed E-state index contributed by atoms with van der Waals surface area (Å²) >= 11 is 12.0. The van der Waals surface area contributed by atoms with Crippen molar-refractivity contribution in [3.8, 4) is 0 Å². The molecule has 0 N–H and O–H groups in total. The normalized spacial score (nSPS) is 24.4. The fraction of sp³-hybridized carbons (Fsp3) is 0.417. The lowest BCUT2D eigenvalue weighted by atomic mass is 10.1. The number of hydrogen-bond donors (Lipinski definition) is 0. The summed E-state index contributed by atoms with van der Waals surface area (Å²) in [5.74, 6) is 0.919. The Hall–Kier alpha value is -0.730. The van der Waals surface area contributed by atoms with Gasteiger partial charge in [-0.05, 0) is 37.0 Å². The minimum Gasteiger partial charge on any atom is -0.399 e. The molecule has 2 unspecified atom stereocenters. The van der Waals surface area contributed by atoms with E-state index in [2.05, 4.69) is 5.16 Å². The third-order valence-electron chi connectivity index (χ3n) is 2.92. The second-order valence-electron chi connectivity index (χ2n) is 4.03. The summed E-state index contributed by atoms with van der Waals surface area (Å²) in [6, 6.07) is 5.66. The van der Waals surface area contributed by atoms with Crippen LogP contribution in [0.5, 0.6) is 0 Å². The molecule has 1 aromatic carbocycles. The first kappa shape index (κ1) is 11.7. The molecule has 0 bridgehead atoms. The van der Waals surface area contributed by atoms with Crippen molar-refractivity contribution in [1.29, 1.82) is 0 Å². The SMILES string of the molecule is CON=C(C)C1CC1c1ccc(Cl)cc1Cl. The van der Waals surface area contributed by atoms with Crippen molar-refractivity contribution in [2.24, 2.45) is 11.1 Å². The van der Waals surface area contributed by atoms with E-state index >= 15 is 0 Å². The third-order valence-corrected chi connectivity index (χ3v) is 3.49. The Balaban J connectivity index is 2.14. The summed E-state index contributed by atoms with van der Waals surface area (Å²) in [5.41, 5.74) is 2.18. The van der Waals surface area contributed by atoms with E-state index in [9.17, 15) is 0 Å². The standard InChI is InChI=1S/C12H13Cl2NO/c1-7(15-16-2)10-6-11(10)9-4-3-8(13)5-12(9)14/h3-5,10-11H,6H2,1-2H3. The maximum Gasteiger partial charge on any atom is 0.106 e. The molecule has 0 heterocycles. The Morgan fingerprint density at radius 3 is 2.81 bits per heavy atom. The van der Waals surface area contributed by atoms with Gasteiger partial charge in [0.15, 0.2) is 0 Å². The van der Waals surface area contributed by atoms with Crippen LogP contribution in [-0.4, -0.2) is 12.8 Å². The van der Waals surface area contributed by atoms with Crippen LogP contribution in [0.1, 0.15) is 24.8 Å². The maximum atomic E-state index is 6.16. The molecular weight excluding hydrogens is 245 g/mol. The number of nitrogens with zero attached hydrogens (tertiary/aromatic N) is 1. The monoisotopic (exact) mass is 257 g/mol. The van der Waals surface area contributed by atoms with Crippen LogP contribution >= 0.6 is 23.2 Å². The highest BCUT2D eigenvalue weighted by Gasteiger charge is 2.41. The Bertz CT molecular complexity index is 431. The summed E-state index contributed by atoms with van der Waals surface area (Å²) in [6.07, 6.45) is 1.08. The van der Waals surface area contributed by atoms with Gasteiger partial charge in [0.1, 0.15) is 7.11 Å². The summed E-state index contributed by atoms with van der Waals surface area (Å²) in [7, 11) is 1.57. The average Bonchev–Trinajstić information content (AvgIpc) is 2.98. The predicted octanol–water partition coefficient (Wildman–Crippen LogP) is 4.12. The lowest BCUT2D eigenvalue weighted by Gasteiger charge is -2.03. The van der Waals surface area contributed by atoms with Crippen LogP contribution in [0.3, 0.4) is 0 Å². The van der Waals surface area contributed by atoms with E-state index in [1.54, 1.807) is 13.2 Å². The van der Waals surface area contributed by atoms with E-state index in [4.69, 9.17) is 28.0 Å². The van der Waals surface area contributed by atoms with Crippen molar-refractivity contribution in [2.45, 2.75) is 19.3 Å². The van der Waals surface area contributed by atoms with Gasteiger partial charge in [-0.2, -0.15) is 0 Å². The van der Waals surface area contributed by atoms with Crippen molar-refractivity contribution < 1.29 is 4.84 Å². The second-order valence-corrected chi connectivity index (χ2v) is 4.87. The van der Waals surface area contributed by atoms with Crippen molar-refractivity contribution in [3.63, 3.8) is 0 Å². The van der Waals surface area contributed by atoms with Gasteiger partial charge in [0.05, 0.1) is 5.71 Å². The molecule has 1 fully saturated rings. The van der Waals surface area contributed by atoms with Gasteiger partial charge in [0.25, 0.3) is 0 Å². The van der Waals surface area contributed by atoms with Crippen LogP contribution in [0, 0.1) is 5.92 Å². The van der Waals surface area contributed by atoms with Gasteiger partial charge >= 0.3 is 0 Å². The summed E-state index contributed by atoms with van der Waals surface area (Å²) in [4.78, 5) is 4.77. The van der Waals surface area contributed by atoms with Crippen LogP contribution < -0.4 is 0 Å². The van der Waals surface area contributed by atoms with Crippen LogP contribution in [0.25, 0.3) is 0 Å². The number of benzene rings is 1. The second kappa shape index (κ2) is 4.64. The predicted molar refractivity (Wildman–Crippen MR) is 67.4 cm³/mol. The number of hydrogen-bond acceptors (Lipinski definition) is 2. The van der Waals surface area contributed by atoms with Crippen molar-refractivity contribution in [3.05, 3.63) is 33.8 Å². The maximum absolute atomic E-state index is 6.16. The van der Waals surface area contributed by atoms with Crippen molar-refractivity contribution in [1.82, 2.24) is 0 Å². The molecule has 2 rings (SSSR count). The highest BCUT2D eigenvalue weighted by molar-refractivity contribution is 6.35. The fourth-order valence-corrected chi connectivity index (χ4v) is 2.56. The van der Waals surface area contributed by atoms with Crippen LogP contribution in [-0.2, 0) is 4.84 Å². The summed E-state index contributed by atoms with van der Waals surface area (Å²) in [5, 5.41) is 5.37. The zero-order chi connectivity index (χ0) is 11.7. The molecular formula is C12H13Cl2NO.